The summed E-state index contributed by atoms with van der Waals surface area (Å²) in [5.41, 5.74) is 1.11. The van der Waals surface area contributed by atoms with Gasteiger partial charge in [0.15, 0.2) is 0 Å². The van der Waals surface area contributed by atoms with E-state index in [0.29, 0.717) is 17.1 Å². The molecular weight excluding hydrogens is 411 g/mol. The number of nitriles is 1. The lowest BCUT2D eigenvalue weighted by atomic mass is 10.2. The maximum absolute atomic E-state index is 14.1. The number of nitrogens with one attached hydrogen (secondary N) is 1. The van der Waals surface area contributed by atoms with Gasteiger partial charge in [-0.2, -0.15) is 10.4 Å². The lowest BCUT2D eigenvalue weighted by Crippen LogP contribution is -2.19. The van der Waals surface area contributed by atoms with Gasteiger partial charge in [-0.3, -0.25) is 0 Å². The Bertz CT molecular complexity index is 1250. The van der Waals surface area contributed by atoms with Gasteiger partial charge in [-0.25, -0.2) is 27.0 Å². The Labute approximate surface area is 172 Å². The molecule has 0 aliphatic carbocycles. The molecule has 0 amide bonds. The predicted molar refractivity (Wildman–Crippen MR) is 105 cm³/mol. The third-order valence-electron chi connectivity index (χ3n) is 4.35. The Kier molecular flexibility index (Phi) is 5.96. The van der Waals surface area contributed by atoms with Crippen molar-refractivity contribution in [2.24, 2.45) is 0 Å². The summed E-state index contributed by atoms with van der Waals surface area (Å²) in [7, 11) is -2.67. The van der Waals surface area contributed by atoms with Crippen LogP contribution < -0.4 is 4.72 Å². The number of ether oxygens (including phenoxy) is 1. The van der Waals surface area contributed by atoms with E-state index in [1.54, 1.807) is 31.2 Å². The van der Waals surface area contributed by atoms with Gasteiger partial charge in [0.05, 0.1) is 27.5 Å². The molecule has 0 aliphatic heterocycles. The molecule has 0 bridgehead atoms. The average molecular weight is 428 g/mol. The van der Waals surface area contributed by atoms with Gasteiger partial charge in [-0.1, -0.05) is 18.2 Å². The van der Waals surface area contributed by atoms with Crippen molar-refractivity contribution in [2.45, 2.75) is 18.4 Å². The van der Waals surface area contributed by atoms with Gasteiger partial charge in [0.1, 0.15) is 24.1 Å². The number of esters is 1. The molecule has 1 N–H and O–H groups in total. The second-order valence-electron chi connectivity index (χ2n) is 6.19. The molecule has 0 unspecified atom stereocenters. The smallest absolute Gasteiger partial charge is 0.341 e. The van der Waals surface area contributed by atoms with Crippen molar-refractivity contribution in [3.05, 3.63) is 76.9 Å². The maximum atomic E-state index is 14.1. The Morgan fingerprint density at radius 1 is 1.27 bits per heavy atom. The van der Waals surface area contributed by atoms with Crippen LogP contribution in [0.1, 0.15) is 27.3 Å². The molecule has 10 heteroatoms. The molecule has 1 aromatic heterocycles. The first-order valence-corrected chi connectivity index (χ1v) is 10.2. The molecule has 3 rings (SSSR count). The van der Waals surface area contributed by atoms with Crippen molar-refractivity contribution in [3.8, 4) is 11.8 Å². The van der Waals surface area contributed by atoms with E-state index in [1.165, 1.54) is 11.7 Å². The Morgan fingerprint density at radius 3 is 2.60 bits per heavy atom. The minimum atomic E-state index is -3.87. The summed E-state index contributed by atoms with van der Waals surface area (Å²) in [6.45, 7) is 1.29. The SMILES string of the molecule is CNS(=O)(=O)c1ccc(F)c(C(=O)OCc2c(C#N)c(C)nn2-c2ccccc2)c1. The highest BCUT2D eigenvalue weighted by molar-refractivity contribution is 7.89. The number of nitrogens with zero attached hydrogens (tertiary/aromatic N) is 3. The fourth-order valence-corrected chi connectivity index (χ4v) is 3.55. The molecule has 1 heterocycles. The van der Waals surface area contributed by atoms with Crippen molar-refractivity contribution < 1.29 is 22.3 Å². The topological polar surface area (TPSA) is 114 Å². The van der Waals surface area contributed by atoms with Crippen molar-refractivity contribution in [3.63, 3.8) is 0 Å². The molecule has 3 aromatic rings. The number of halogens is 1. The summed E-state index contributed by atoms with van der Waals surface area (Å²) in [6, 6.07) is 13.8. The van der Waals surface area contributed by atoms with Crippen molar-refractivity contribution >= 4 is 16.0 Å². The summed E-state index contributed by atoms with van der Waals surface area (Å²) >= 11 is 0. The number of rotatable bonds is 6. The Morgan fingerprint density at radius 2 is 1.97 bits per heavy atom. The number of benzene rings is 2. The third-order valence-corrected chi connectivity index (χ3v) is 5.76. The molecule has 154 valence electrons. The lowest BCUT2D eigenvalue weighted by Gasteiger charge is -2.10. The monoisotopic (exact) mass is 428 g/mol. The van der Waals surface area contributed by atoms with Crippen LogP contribution in [-0.2, 0) is 21.4 Å². The van der Waals surface area contributed by atoms with E-state index < -0.39 is 27.4 Å². The number of hydrogen-bond donors (Lipinski definition) is 1. The number of sulfonamides is 1. The molecule has 30 heavy (non-hydrogen) atoms. The highest BCUT2D eigenvalue weighted by atomic mass is 32.2. The second-order valence-corrected chi connectivity index (χ2v) is 8.08. The Hall–Kier alpha value is -3.55. The zero-order valence-corrected chi connectivity index (χ0v) is 16.9. The number of hydrogen-bond acceptors (Lipinski definition) is 6. The summed E-state index contributed by atoms with van der Waals surface area (Å²) in [5.74, 6) is -1.99. The predicted octanol–water partition coefficient (Wildman–Crippen LogP) is 2.46. The minimum Gasteiger partial charge on any atom is -0.455 e. The Balaban J connectivity index is 1.93. The molecule has 0 fully saturated rings. The van der Waals surface area contributed by atoms with Crippen molar-refractivity contribution in [1.82, 2.24) is 14.5 Å². The van der Waals surface area contributed by atoms with Crippen LogP contribution in [0.5, 0.6) is 0 Å². The average Bonchev–Trinajstić information content (AvgIpc) is 3.07. The van der Waals surface area contributed by atoms with E-state index in [1.807, 2.05) is 12.1 Å². The summed E-state index contributed by atoms with van der Waals surface area (Å²) in [4.78, 5) is 12.2. The largest absolute Gasteiger partial charge is 0.455 e. The van der Waals surface area contributed by atoms with Gasteiger partial charge in [0.2, 0.25) is 10.0 Å². The van der Waals surface area contributed by atoms with Gasteiger partial charge >= 0.3 is 5.97 Å². The van der Waals surface area contributed by atoms with Gasteiger partial charge in [0, 0.05) is 0 Å². The van der Waals surface area contributed by atoms with Crippen LogP contribution in [0.15, 0.2) is 53.4 Å². The molecule has 8 nitrogen and oxygen atoms in total. The number of carbonyl (C=O) groups is 1. The third kappa shape index (κ3) is 4.07. The van der Waals surface area contributed by atoms with Crippen LogP contribution in [0.2, 0.25) is 0 Å². The zero-order valence-electron chi connectivity index (χ0n) is 16.1. The van der Waals surface area contributed by atoms with Crippen LogP contribution in [0.25, 0.3) is 5.69 Å². The first-order chi connectivity index (χ1) is 14.3. The zero-order chi connectivity index (χ0) is 21.9. The first kappa shape index (κ1) is 21.2. The van der Waals surface area contributed by atoms with E-state index in [4.69, 9.17) is 4.74 Å². The molecule has 0 saturated heterocycles. The van der Waals surface area contributed by atoms with Gasteiger partial charge in [-0.15, -0.1) is 0 Å². The summed E-state index contributed by atoms with van der Waals surface area (Å²) in [6.07, 6.45) is 0. The van der Waals surface area contributed by atoms with Crippen LogP contribution in [0.4, 0.5) is 4.39 Å². The molecule has 2 aromatic carbocycles. The van der Waals surface area contributed by atoms with E-state index >= 15 is 0 Å². The van der Waals surface area contributed by atoms with Gasteiger partial charge < -0.3 is 4.74 Å². The molecule has 0 radical (unpaired) electrons. The fourth-order valence-electron chi connectivity index (χ4n) is 2.79. The molecule has 0 aliphatic rings. The summed E-state index contributed by atoms with van der Waals surface area (Å²) in [5, 5.41) is 13.8. The molecule has 0 saturated carbocycles. The quantitative estimate of drug-likeness (QED) is 0.603. The second kappa shape index (κ2) is 8.44. The normalized spacial score (nSPS) is 11.1. The van der Waals surface area contributed by atoms with E-state index in [9.17, 15) is 22.9 Å². The molecule has 0 spiro atoms. The number of aryl methyl sites for hydroxylation is 1. The van der Waals surface area contributed by atoms with E-state index in [-0.39, 0.29) is 17.1 Å². The number of para-hydroxylation sites is 1. The molecular formula is C20H17FN4O4S. The lowest BCUT2D eigenvalue weighted by molar-refractivity contribution is 0.0459. The van der Waals surface area contributed by atoms with Crippen molar-refractivity contribution in [2.75, 3.05) is 7.05 Å². The van der Waals surface area contributed by atoms with Crippen LogP contribution >= 0.6 is 0 Å². The van der Waals surface area contributed by atoms with Crippen molar-refractivity contribution in [1.29, 1.82) is 5.26 Å². The number of carbonyl (C=O) groups excluding carboxylic acids is 1. The summed E-state index contributed by atoms with van der Waals surface area (Å²) < 4.78 is 46.8. The van der Waals surface area contributed by atoms with Gasteiger partial charge in [0.25, 0.3) is 0 Å². The minimum absolute atomic E-state index is 0.235. The fraction of sp³-hybridized carbons (Fsp3) is 0.150. The van der Waals surface area contributed by atoms with Crippen LogP contribution in [0, 0.1) is 24.1 Å². The van der Waals surface area contributed by atoms with E-state index in [2.05, 4.69) is 9.82 Å². The highest BCUT2D eigenvalue weighted by Crippen LogP contribution is 2.21. The standard InChI is InChI=1S/C20H17FN4O4S/c1-13-17(11-22)19(25(24-13)14-6-4-3-5-7-14)12-29-20(26)16-10-15(8-9-18(16)21)30(27,28)23-2/h3-10,23H,12H2,1-2H3. The highest BCUT2D eigenvalue weighted by Gasteiger charge is 2.22. The first-order valence-electron chi connectivity index (χ1n) is 8.72. The molecule has 0 atom stereocenters. The number of aromatic nitrogens is 2. The van der Waals surface area contributed by atoms with E-state index in [0.717, 1.165) is 18.2 Å². The maximum Gasteiger partial charge on any atom is 0.341 e. The van der Waals surface area contributed by atoms with Crippen LogP contribution in [0.3, 0.4) is 0 Å². The van der Waals surface area contributed by atoms with Gasteiger partial charge in [-0.05, 0) is 44.3 Å². The van der Waals surface area contributed by atoms with Crippen LogP contribution in [-0.4, -0.2) is 31.2 Å².